The Morgan fingerprint density at radius 1 is 1.44 bits per heavy atom. The van der Waals surface area contributed by atoms with Crippen molar-refractivity contribution in [2.45, 2.75) is 12.2 Å². The number of carbonyl (C=O) groups excluding carboxylic acids is 1. The molecule has 1 atom stereocenters. The quantitative estimate of drug-likeness (QED) is 0.781. The number of amides is 1. The van der Waals surface area contributed by atoms with Crippen LogP contribution in [0.2, 0.25) is 0 Å². The number of carbonyl (C=O) groups is 1. The second-order valence-electron chi connectivity index (χ2n) is 3.57. The Kier molecular flexibility index (Phi) is 3.10. The van der Waals surface area contributed by atoms with Crippen molar-refractivity contribution in [3.63, 3.8) is 0 Å². The maximum absolute atomic E-state index is 11.5. The van der Waals surface area contributed by atoms with Gasteiger partial charge in [0.2, 0.25) is 5.91 Å². The third-order valence-electron chi connectivity index (χ3n) is 2.32. The standard InChI is InChI=1S/C12H12N2OS/c1-8(16)12(15)14-11-4-2-3-9-5-6-13-7-10(9)11/h2-8,16H,1H3,(H,14,15). The van der Waals surface area contributed by atoms with E-state index >= 15 is 0 Å². The van der Waals surface area contributed by atoms with E-state index in [-0.39, 0.29) is 11.2 Å². The molecule has 1 unspecified atom stereocenters. The lowest BCUT2D eigenvalue weighted by molar-refractivity contribution is -0.115. The molecule has 82 valence electrons. The molecule has 0 radical (unpaired) electrons. The van der Waals surface area contributed by atoms with Gasteiger partial charge in [-0.25, -0.2) is 0 Å². The average Bonchev–Trinajstić information content (AvgIpc) is 2.29. The molecular formula is C12H12N2OS. The van der Waals surface area contributed by atoms with Crippen LogP contribution >= 0.6 is 12.6 Å². The smallest absolute Gasteiger partial charge is 0.236 e. The van der Waals surface area contributed by atoms with Gasteiger partial charge in [-0.05, 0) is 24.4 Å². The van der Waals surface area contributed by atoms with E-state index in [1.54, 1.807) is 19.3 Å². The highest BCUT2D eigenvalue weighted by Crippen LogP contribution is 2.22. The lowest BCUT2D eigenvalue weighted by atomic mass is 10.1. The molecule has 0 aliphatic heterocycles. The van der Waals surface area contributed by atoms with Gasteiger partial charge in [0.05, 0.1) is 10.9 Å². The molecule has 0 spiro atoms. The van der Waals surface area contributed by atoms with Crippen LogP contribution in [0.5, 0.6) is 0 Å². The van der Waals surface area contributed by atoms with E-state index < -0.39 is 0 Å². The highest BCUT2D eigenvalue weighted by molar-refractivity contribution is 7.81. The molecule has 0 fully saturated rings. The number of anilines is 1. The number of hydrogen-bond donors (Lipinski definition) is 2. The minimum atomic E-state index is -0.327. The molecule has 16 heavy (non-hydrogen) atoms. The van der Waals surface area contributed by atoms with Gasteiger partial charge in [0, 0.05) is 17.8 Å². The van der Waals surface area contributed by atoms with Gasteiger partial charge in [-0.15, -0.1) is 0 Å². The van der Waals surface area contributed by atoms with E-state index in [1.807, 2.05) is 24.3 Å². The van der Waals surface area contributed by atoms with Gasteiger partial charge >= 0.3 is 0 Å². The molecule has 2 rings (SSSR count). The molecule has 2 aromatic rings. The second-order valence-corrected chi connectivity index (χ2v) is 4.34. The first kappa shape index (κ1) is 11.0. The zero-order chi connectivity index (χ0) is 11.5. The van der Waals surface area contributed by atoms with E-state index in [0.29, 0.717) is 0 Å². The fourth-order valence-electron chi connectivity index (χ4n) is 1.46. The summed E-state index contributed by atoms with van der Waals surface area (Å²) in [6.07, 6.45) is 3.48. The molecule has 0 bridgehead atoms. The molecule has 3 nitrogen and oxygen atoms in total. The third-order valence-corrected chi connectivity index (χ3v) is 2.56. The van der Waals surface area contributed by atoms with Crippen molar-refractivity contribution in [1.29, 1.82) is 0 Å². The van der Waals surface area contributed by atoms with Crippen LogP contribution in [0, 0.1) is 0 Å². The summed E-state index contributed by atoms with van der Waals surface area (Å²) in [5, 5.41) is 4.49. The number of fused-ring (bicyclic) bond motifs is 1. The van der Waals surface area contributed by atoms with E-state index in [0.717, 1.165) is 16.5 Å². The molecule has 0 saturated carbocycles. The zero-order valence-corrected chi connectivity index (χ0v) is 9.74. The summed E-state index contributed by atoms with van der Waals surface area (Å²) >= 11 is 4.09. The van der Waals surface area contributed by atoms with Crippen molar-refractivity contribution >= 4 is 35.0 Å². The number of nitrogens with zero attached hydrogens (tertiary/aromatic N) is 1. The number of benzene rings is 1. The molecule has 1 heterocycles. The summed E-state index contributed by atoms with van der Waals surface area (Å²) in [4.78, 5) is 15.6. The maximum Gasteiger partial charge on any atom is 0.236 e. The van der Waals surface area contributed by atoms with Crippen LogP contribution in [0.3, 0.4) is 0 Å². The Labute approximate surface area is 99.3 Å². The first-order valence-electron chi connectivity index (χ1n) is 5.00. The van der Waals surface area contributed by atoms with Crippen molar-refractivity contribution in [1.82, 2.24) is 4.98 Å². The lowest BCUT2D eigenvalue weighted by Crippen LogP contribution is -2.20. The minimum Gasteiger partial charge on any atom is -0.325 e. The van der Waals surface area contributed by atoms with Gasteiger partial charge in [-0.2, -0.15) is 12.6 Å². The molecule has 1 N–H and O–H groups in total. The average molecular weight is 232 g/mol. The van der Waals surface area contributed by atoms with Crippen molar-refractivity contribution < 1.29 is 4.79 Å². The second kappa shape index (κ2) is 4.53. The fraction of sp³-hybridized carbons (Fsp3) is 0.167. The van der Waals surface area contributed by atoms with Gasteiger partial charge in [-0.3, -0.25) is 9.78 Å². The van der Waals surface area contributed by atoms with Gasteiger partial charge in [0.15, 0.2) is 0 Å². The number of aromatic nitrogens is 1. The Bertz CT molecular complexity index is 520. The predicted molar refractivity (Wildman–Crippen MR) is 68.8 cm³/mol. The molecule has 1 aromatic heterocycles. The number of thiol groups is 1. The van der Waals surface area contributed by atoms with E-state index in [1.165, 1.54) is 0 Å². The third kappa shape index (κ3) is 2.17. The van der Waals surface area contributed by atoms with E-state index in [2.05, 4.69) is 22.9 Å². The van der Waals surface area contributed by atoms with Gasteiger partial charge in [0.1, 0.15) is 0 Å². The lowest BCUT2D eigenvalue weighted by Gasteiger charge is -2.09. The fourth-order valence-corrected chi connectivity index (χ4v) is 1.52. The highest BCUT2D eigenvalue weighted by atomic mass is 32.1. The summed E-state index contributed by atoms with van der Waals surface area (Å²) in [6.45, 7) is 1.74. The Morgan fingerprint density at radius 2 is 2.25 bits per heavy atom. The van der Waals surface area contributed by atoms with Crippen LogP contribution in [-0.4, -0.2) is 16.1 Å². The topological polar surface area (TPSA) is 42.0 Å². The largest absolute Gasteiger partial charge is 0.325 e. The molecule has 0 aliphatic rings. The van der Waals surface area contributed by atoms with Crippen molar-refractivity contribution in [3.8, 4) is 0 Å². The van der Waals surface area contributed by atoms with Gasteiger partial charge in [-0.1, -0.05) is 12.1 Å². The van der Waals surface area contributed by atoms with Crippen LogP contribution < -0.4 is 5.32 Å². The molecule has 1 amide bonds. The van der Waals surface area contributed by atoms with E-state index in [4.69, 9.17) is 0 Å². The summed E-state index contributed by atoms with van der Waals surface area (Å²) in [6, 6.07) is 7.66. The van der Waals surface area contributed by atoms with Crippen LogP contribution in [-0.2, 0) is 4.79 Å². The maximum atomic E-state index is 11.5. The molecule has 0 aliphatic carbocycles. The predicted octanol–water partition coefficient (Wildman–Crippen LogP) is 2.49. The summed E-state index contributed by atoms with van der Waals surface area (Å²) < 4.78 is 0. The minimum absolute atomic E-state index is 0.111. The summed E-state index contributed by atoms with van der Waals surface area (Å²) in [5.74, 6) is -0.111. The van der Waals surface area contributed by atoms with Crippen LogP contribution in [0.15, 0.2) is 36.7 Å². The normalized spacial score (nSPS) is 12.4. The number of rotatable bonds is 2. The first-order chi connectivity index (χ1) is 7.68. The Morgan fingerprint density at radius 3 is 3.00 bits per heavy atom. The van der Waals surface area contributed by atoms with Crippen LogP contribution in [0.4, 0.5) is 5.69 Å². The monoisotopic (exact) mass is 232 g/mol. The molecule has 4 heteroatoms. The molecular weight excluding hydrogens is 220 g/mol. The van der Waals surface area contributed by atoms with Crippen molar-refractivity contribution in [2.75, 3.05) is 5.32 Å². The van der Waals surface area contributed by atoms with Crippen molar-refractivity contribution in [2.24, 2.45) is 0 Å². The Balaban J connectivity index is 2.41. The highest BCUT2D eigenvalue weighted by Gasteiger charge is 2.09. The van der Waals surface area contributed by atoms with E-state index in [9.17, 15) is 4.79 Å². The summed E-state index contributed by atoms with van der Waals surface area (Å²) in [5.41, 5.74) is 0.775. The molecule has 1 aromatic carbocycles. The molecule has 0 saturated heterocycles. The SMILES string of the molecule is CC(S)C(=O)Nc1cccc2ccncc12. The van der Waals surface area contributed by atoms with Crippen LogP contribution in [0.1, 0.15) is 6.92 Å². The number of hydrogen-bond acceptors (Lipinski definition) is 3. The Hall–Kier alpha value is -1.55. The van der Waals surface area contributed by atoms with Gasteiger partial charge in [0.25, 0.3) is 0 Å². The zero-order valence-electron chi connectivity index (χ0n) is 8.84. The first-order valence-corrected chi connectivity index (χ1v) is 5.52. The number of pyridine rings is 1. The summed E-state index contributed by atoms with van der Waals surface area (Å²) in [7, 11) is 0. The van der Waals surface area contributed by atoms with Gasteiger partial charge < -0.3 is 5.32 Å². The van der Waals surface area contributed by atoms with Crippen molar-refractivity contribution in [3.05, 3.63) is 36.7 Å². The number of nitrogens with one attached hydrogen (secondary N) is 1. The van der Waals surface area contributed by atoms with Crippen LogP contribution in [0.25, 0.3) is 10.8 Å².